The first-order valence-electron chi connectivity index (χ1n) is 7.51. The lowest BCUT2D eigenvalue weighted by molar-refractivity contribution is 0.0809. The summed E-state index contributed by atoms with van der Waals surface area (Å²) in [5, 5.41) is 0. The molecule has 21 heavy (non-hydrogen) atoms. The molecule has 2 nitrogen and oxygen atoms in total. The molecule has 3 rings (SSSR count). The van der Waals surface area contributed by atoms with Crippen LogP contribution in [0.2, 0.25) is 0 Å². The van der Waals surface area contributed by atoms with Gasteiger partial charge in [-0.15, -0.1) is 0 Å². The van der Waals surface area contributed by atoms with Gasteiger partial charge in [0.25, 0.3) is 0 Å². The summed E-state index contributed by atoms with van der Waals surface area (Å²) in [4.78, 5) is 2.33. The van der Waals surface area contributed by atoms with Crippen LogP contribution in [0.1, 0.15) is 24.4 Å². The van der Waals surface area contributed by atoms with Crippen LogP contribution in [0.25, 0.3) is 0 Å². The van der Waals surface area contributed by atoms with E-state index in [1.54, 1.807) is 12.1 Å². The van der Waals surface area contributed by atoms with Gasteiger partial charge in [-0.25, -0.2) is 4.39 Å². The predicted octanol–water partition coefficient (Wildman–Crippen LogP) is 4.04. The van der Waals surface area contributed by atoms with Gasteiger partial charge in [-0.1, -0.05) is 36.4 Å². The fourth-order valence-corrected chi connectivity index (χ4v) is 2.78. The van der Waals surface area contributed by atoms with Crippen LogP contribution in [0.15, 0.2) is 54.6 Å². The molecule has 1 fully saturated rings. The zero-order valence-corrected chi connectivity index (χ0v) is 12.0. The molecule has 1 saturated heterocycles. The van der Waals surface area contributed by atoms with Crippen LogP contribution in [0.3, 0.4) is 0 Å². The minimum Gasteiger partial charge on any atom is -0.494 e. The van der Waals surface area contributed by atoms with Crippen molar-refractivity contribution in [3.8, 4) is 5.75 Å². The van der Waals surface area contributed by atoms with Gasteiger partial charge in [-0.05, 0) is 31.0 Å². The number of likely N-dealkylation sites (tertiary alicyclic amines) is 1. The molecule has 0 aromatic heterocycles. The first kappa shape index (κ1) is 14.1. The zero-order chi connectivity index (χ0) is 14.5. The molecule has 0 spiro atoms. The zero-order valence-electron chi connectivity index (χ0n) is 12.0. The summed E-state index contributed by atoms with van der Waals surface area (Å²) in [6.45, 7) is 2.70. The van der Waals surface area contributed by atoms with Gasteiger partial charge in [0.05, 0.1) is 6.61 Å². The van der Waals surface area contributed by atoms with Crippen LogP contribution in [0, 0.1) is 5.82 Å². The Hall–Kier alpha value is -1.87. The first-order chi connectivity index (χ1) is 10.3. The topological polar surface area (TPSA) is 12.5 Å². The second kappa shape index (κ2) is 6.72. The van der Waals surface area contributed by atoms with Crippen molar-refractivity contribution in [1.82, 2.24) is 4.90 Å². The average Bonchev–Trinajstić information content (AvgIpc) is 2.49. The van der Waals surface area contributed by atoms with Crippen molar-refractivity contribution in [1.29, 1.82) is 0 Å². The summed E-state index contributed by atoms with van der Waals surface area (Å²) in [6, 6.07) is 17.2. The molecule has 0 aliphatic carbocycles. The Kier molecular flexibility index (Phi) is 4.51. The monoisotopic (exact) mass is 285 g/mol. The third kappa shape index (κ3) is 3.42. The van der Waals surface area contributed by atoms with Crippen molar-refractivity contribution >= 4 is 0 Å². The van der Waals surface area contributed by atoms with Gasteiger partial charge in [0.1, 0.15) is 11.6 Å². The van der Waals surface area contributed by atoms with E-state index < -0.39 is 0 Å². The maximum atomic E-state index is 13.8. The van der Waals surface area contributed by atoms with E-state index in [0.717, 1.165) is 37.2 Å². The number of hydrogen-bond acceptors (Lipinski definition) is 2. The van der Waals surface area contributed by atoms with Crippen molar-refractivity contribution in [2.24, 2.45) is 0 Å². The van der Waals surface area contributed by atoms with Crippen molar-refractivity contribution in [2.75, 3.05) is 19.7 Å². The highest BCUT2D eigenvalue weighted by Gasteiger charge is 2.30. The van der Waals surface area contributed by atoms with E-state index in [0.29, 0.717) is 6.61 Å². The maximum Gasteiger partial charge on any atom is 0.127 e. The van der Waals surface area contributed by atoms with Gasteiger partial charge >= 0.3 is 0 Å². The molecule has 0 amide bonds. The van der Waals surface area contributed by atoms with E-state index in [-0.39, 0.29) is 11.9 Å². The minimum absolute atomic E-state index is 0.0901. The average molecular weight is 285 g/mol. The normalized spacial score (nSPS) is 18.2. The summed E-state index contributed by atoms with van der Waals surface area (Å²) >= 11 is 0. The molecule has 2 aromatic carbocycles. The molecular formula is C18H20FNO. The van der Waals surface area contributed by atoms with E-state index in [1.165, 1.54) is 0 Å². The van der Waals surface area contributed by atoms with Crippen LogP contribution >= 0.6 is 0 Å². The number of para-hydroxylation sites is 1. The van der Waals surface area contributed by atoms with Gasteiger partial charge in [0.15, 0.2) is 0 Å². The lowest BCUT2D eigenvalue weighted by Gasteiger charge is -2.41. The van der Waals surface area contributed by atoms with Crippen molar-refractivity contribution in [3.05, 3.63) is 66.0 Å². The highest BCUT2D eigenvalue weighted by atomic mass is 19.1. The van der Waals surface area contributed by atoms with Crippen LogP contribution in [-0.2, 0) is 0 Å². The molecule has 110 valence electrons. The molecule has 3 heteroatoms. The Morgan fingerprint density at radius 2 is 1.81 bits per heavy atom. The highest BCUT2D eigenvalue weighted by Crippen LogP contribution is 2.34. The van der Waals surface area contributed by atoms with Crippen molar-refractivity contribution < 1.29 is 9.13 Å². The number of halogens is 1. The first-order valence-corrected chi connectivity index (χ1v) is 7.51. The number of rotatable bonds is 6. The largest absolute Gasteiger partial charge is 0.494 e. The number of hydrogen-bond donors (Lipinski definition) is 0. The number of ether oxygens (including phenoxy) is 1. The number of benzene rings is 2. The second-order valence-electron chi connectivity index (χ2n) is 5.38. The molecule has 1 aliphatic heterocycles. The minimum atomic E-state index is -0.0901. The van der Waals surface area contributed by atoms with Crippen molar-refractivity contribution in [3.63, 3.8) is 0 Å². The van der Waals surface area contributed by atoms with E-state index in [9.17, 15) is 4.39 Å². The number of nitrogens with zero attached hydrogens (tertiary/aromatic N) is 1. The van der Waals surface area contributed by atoms with E-state index in [4.69, 9.17) is 4.74 Å². The van der Waals surface area contributed by atoms with Crippen LogP contribution < -0.4 is 4.74 Å². The Morgan fingerprint density at radius 1 is 1.05 bits per heavy atom. The second-order valence-corrected chi connectivity index (χ2v) is 5.38. The smallest absolute Gasteiger partial charge is 0.127 e. The third-order valence-corrected chi connectivity index (χ3v) is 4.00. The molecule has 2 aromatic rings. The summed E-state index contributed by atoms with van der Waals surface area (Å²) < 4.78 is 19.5. The Bertz CT molecular complexity index is 572. The lowest BCUT2D eigenvalue weighted by Crippen LogP contribution is -2.42. The maximum absolute atomic E-state index is 13.8. The molecule has 1 unspecified atom stereocenters. The molecule has 1 atom stereocenters. The molecule has 0 bridgehead atoms. The molecule has 1 aliphatic rings. The summed E-state index contributed by atoms with van der Waals surface area (Å²) in [6.07, 6.45) is 2.00. The lowest BCUT2D eigenvalue weighted by atomic mass is 9.94. The van der Waals surface area contributed by atoms with Gasteiger partial charge in [-0.3, -0.25) is 4.90 Å². The fourth-order valence-electron chi connectivity index (χ4n) is 2.78. The van der Waals surface area contributed by atoms with E-state index >= 15 is 0 Å². The Balaban J connectivity index is 1.45. The van der Waals surface area contributed by atoms with Gasteiger partial charge in [0.2, 0.25) is 0 Å². The van der Waals surface area contributed by atoms with Gasteiger partial charge in [-0.2, -0.15) is 0 Å². The predicted molar refractivity (Wildman–Crippen MR) is 81.9 cm³/mol. The molecule has 0 radical (unpaired) electrons. The molecule has 0 saturated carbocycles. The standard InChI is InChI=1S/C18H20FNO/c19-17-10-5-4-9-16(17)18-11-13-20(18)12-6-14-21-15-7-2-1-3-8-15/h1-5,7-10,18H,6,11-14H2. The van der Waals surface area contributed by atoms with Gasteiger partial charge < -0.3 is 4.74 Å². The SMILES string of the molecule is Fc1ccccc1C1CCN1CCCOc1ccccc1. The third-order valence-electron chi connectivity index (χ3n) is 4.00. The Morgan fingerprint density at radius 3 is 2.52 bits per heavy atom. The summed E-state index contributed by atoms with van der Waals surface area (Å²) in [5.41, 5.74) is 0.827. The quantitative estimate of drug-likeness (QED) is 0.743. The van der Waals surface area contributed by atoms with Gasteiger partial charge in [0, 0.05) is 24.7 Å². The molecular weight excluding hydrogens is 265 g/mol. The highest BCUT2D eigenvalue weighted by molar-refractivity contribution is 5.23. The summed E-state index contributed by atoms with van der Waals surface area (Å²) in [5.74, 6) is 0.819. The van der Waals surface area contributed by atoms with Crippen LogP contribution in [0.4, 0.5) is 4.39 Å². The fraction of sp³-hybridized carbons (Fsp3) is 0.333. The van der Waals surface area contributed by atoms with E-state index in [2.05, 4.69) is 4.90 Å². The van der Waals surface area contributed by atoms with Crippen molar-refractivity contribution in [2.45, 2.75) is 18.9 Å². The van der Waals surface area contributed by atoms with E-state index in [1.807, 2.05) is 42.5 Å². The Labute approximate surface area is 125 Å². The molecule has 1 heterocycles. The van der Waals surface area contributed by atoms with Crippen LogP contribution in [-0.4, -0.2) is 24.6 Å². The van der Waals surface area contributed by atoms with Crippen LogP contribution in [0.5, 0.6) is 5.75 Å². The molecule has 0 N–H and O–H groups in total. The summed E-state index contributed by atoms with van der Waals surface area (Å²) in [7, 11) is 0.